The molecule has 3 heterocycles. The molecule has 0 unspecified atom stereocenters. The van der Waals surface area contributed by atoms with Crippen LogP contribution in [-0.4, -0.2) is 34.9 Å². The first-order chi connectivity index (χ1) is 39.5. The highest BCUT2D eigenvalue weighted by Crippen LogP contribution is 2.43. The fourth-order valence-corrected chi connectivity index (χ4v) is 10.4. The van der Waals surface area contributed by atoms with Gasteiger partial charge < -0.3 is 4.42 Å². The molecule has 14 rings (SSSR count). The first-order valence-corrected chi connectivity index (χ1v) is 26.7. The van der Waals surface area contributed by atoms with E-state index in [1.54, 1.807) is 0 Å². The van der Waals surface area contributed by atoms with Gasteiger partial charge in [-0.25, -0.2) is 34.9 Å². The van der Waals surface area contributed by atoms with Crippen molar-refractivity contribution >= 4 is 33.5 Å². The van der Waals surface area contributed by atoms with E-state index < -0.39 is 0 Å². The van der Waals surface area contributed by atoms with Crippen molar-refractivity contribution in [2.45, 2.75) is 0 Å². The molecule has 0 atom stereocenters. The van der Waals surface area contributed by atoms with Gasteiger partial charge in [-0.05, 0) is 86.8 Å². The van der Waals surface area contributed by atoms with E-state index in [9.17, 15) is 0 Å². The number of hydrogen-bond acceptors (Lipinski definition) is 8. The van der Waals surface area contributed by atoms with Gasteiger partial charge in [0.1, 0.15) is 5.52 Å². The summed E-state index contributed by atoms with van der Waals surface area (Å²) in [5.41, 5.74) is 15.9. The standard InChI is InChI=1S/C71H44ClN7O/c72-58-28-16-27-57(42-58)70-77-66(49-21-9-3-10-22-49)75-68(79-70)51-37-33-47(34-38-51)59-29-13-14-30-60(59)62-44-55-40-39-54(43-61(55)64-63(62)73-71(80-64)52-23-11-4-12-24-52)53-25-15-26-56(41-53)69-76-65(48-19-7-2-8-20-48)74-67(78-69)50-35-31-46(32-36-50)45-17-5-1-6-18-45/h1-44H. The summed E-state index contributed by atoms with van der Waals surface area (Å²) in [6, 6.07) is 90.4. The van der Waals surface area contributed by atoms with E-state index in [0.29, 0.717) is 51.4 Å². The maximum absolute atomic E-state index is 6.89. The minimum atomic E-state index is 0.544. The van der Waals surface area contributed by atoms with Gasteiger partial charge in [0.05, 0.1) is 0 Å². The van der Waals surface area contributed by atoms with E-state index >= 15 is 0 Å². The molecule has 14 aromatic rings. The molecule has 3 aromatic heterocycles. The van der Waals surface area contributed by atoms with Gasteiger partial charge in [0.2, 0.25) is 5.89 Å². The molecule has 0 amide bonds. The van der Waals surface area contributed by atoms with E-state index in [2.05, 4.69) is 146 Å². The summed E-state index contributed by atoms with van der Waals surface area (Å²) in [6.07, 6.45) is 0. The lowest BCUT2D eigenvalue weighted by atomic mass is 9.91. The third kappa shape index (κ3) is 9.46. The molecule has 9 heteroatoms. The van der Waals surface area contributed by atoms with Crippen molar-refractivity contribution in [2.24, 2.45) is 0 Å². The van der Waals surface area contributed by atoms with Crippen LogP contribution in [0.15, 0.2) is 271 Å². The van der Waals surface area contributed by atoms with Crippen molar-refractivity contribution < 1.29 is 4.42 Å². The Kier molecular flexibility index (Phi) is 12.4. The third-order valence-corrected chi connectivity index (χ3v) is 14.5. The third-order valence-electron chi connectivity index (χ3n) is 14.3. The van der Waals surface area contributed by atoms with E-state index in [4.69, 9.17) is 50.9 Å². The van der Waals surface area contributed by atoms with Crippen molar-refractivity contribution in [1.29, 1.82) is 0 Å². The zero-order valence-corrected chi connectivity index (χ0v) is 43.6. The van der Waals surface area contributed by atoms with Crippen LogP contribution in [0.25, 0.3) is 146 Å². The van der Waals surface area contributed by atoms with Crippen LogP contribution in [0, 0.1) is 0 Å². The van der Waals surface area contributed by atoms with E-state index in [1.165, 1.54) is 0 Å². The Morgan fingerprint density at radius 1 is 0.250 bits per heavy atom. The summed E-state index contributed by atoms with van der Waals surface area (Å²) >= 11 is 6.45. The maximum atomic E-state index is 6.89. The molecular weight excluding hydrogens is 1000 g/mol. The second-order valence-corrected chi connectivity index (χ2v) is 19.9. The highest BCUT2D eigenvalue weighted by atomic mass is 35.5. The highest BCUT2D eigenvalue weighted by molar-refractivity contribution is 6.30. The zero-order chi connectivity index (χ0) is 53.4. The number of hydrogen-bond donors (Lipinski definition) is 0. The molecule has 0 bridgehead atoms. The summed E-state index contributed by atoms with van der Waals surface area (Å²) in [5, 5.41) is 2.57. The van der Waals surface area contributed by atoms with Crippen molar-refractivity contribution in [3.63, 3.8) is 0 Å². The Labute approximate surface area is 466 Å². The number of aromatic nitrogens is 7. The van der Waals surface area contributed by atoms with Crippen LogP contribution >= 0.6 is 11.6 Å². The second-order valence-electron chi connectivity index (χ2n) is 19.4. The maximum Gasteiger partial charge on any atom is 0.227 e. The first-order valence-electron chi connectivity index (χ1n) is 26.3. The van der Waals surface area contributed by atoms with Gasteiger partial charge in [-0.1, -0.05) is 236 Å². The molecule has 0 saturated carbocycles. The fraction of sp³-hybridized carbons (Fsp3) is 0. The SMILES string of the molecule is Clc1cccc(-c2nc(-c3ccccc3)nc(-c3ccc(-c4ccccc4-c4cc5ccc(-c6cccc(-c7nc(-c8ccccc8)nc(-c8ccc(-c9ccccc9)cc8)n7)c6)cc5c5oc(-c6ccccc6)nc45)cc3)n2)c1. The normalized spacial score (nSPS) is 11.3. The number of halogens is 1. The van der Waals surface area contributed by atoms with Crippen LogP contribution in [-0.2, 0) is 0 Å². The molecule has 80 heavy (non-hydrogen) atoms. The average Bonchev–Trinajstić information content (AvgIpc) is 4.06. The minimum Gasteiger partial charge on any atom is -0.435 e. The summed E-state index contributed by atoms with van der Waals surface area (Å²) in [5.74, 6) is 4.01. The largest absolute Gasteiger partial charge is 0.435 e. The van der Waals surface area contributed by atoms with Crippen molar-refractivity contribution in [2.75, 3.05) is 0 Å². The van der Waals surface area contributed by atoms with Crippen LogP contribution in [0.2, 0.25) is 5.02 Å². The van der Waals surface area contributed by atoms with E-state index in [-0.39, 0.29) is 0 Å². The molecule has 0 N–H and O–H groups in total. The van der Waals surface area contributed by atoms with E-state index in [0.717, 1.165) is 99.7 Å². The van der Waals surface area contributed by atoms with Crippen molar-refractivity contribution in [3.05, 3.63) is 272 Å². The predicted octanol–water partition coefficient (Wildman–Crippen LogP) is 18.3. The lowest BCUT2D eigenvalue weighted by molar-refractivity contribution is 0.623. The van der Waals surface area contributed by atoms with E-state index in [1.807, 2.05) is 121 Å². The van der Waals surface area contributed by atoms with Gasteiger partial charge >= 0.3 is 0 Å². The first kappa shape index (κ1) is 47.9. The number of oxazole rings is 1. The Hall–Kier alpha value is -10.5. The average molecular weight is 1050 g/mol. The Morgan fingerprint density at radius 2 is 0.637 bits per heavy atom. The molecule has 0 fully saturated rings. The van der Waals surface area contributed by atoms with Crippen LogP contribution in [0.5, 0.6) is 0 Å². The topological polar surface area (TPSA) is 103 Å². The molecular formula is C71H44ClN7O. The van der Waals surface area contributed by atoms with Crippen molar-refractivity contribution in [1.82, 2.24) is 34.9 Å². The van der Waals surface area contributed by atoms with Crippen LogP contribution in [0.3, 0.4) is 0 Å². The fourth-order valence-electron chi connectivity index (χ4n) is 10.3. The molecule has 376 valence electrons. The predicted molar refractivity (Wildman–Crippen MR) is 323 cm³/mol. The summed E-state index contributed by atoms with van der Waals surface area (Å²) < 4.78 is 6.89. The molecule has 0 aliphatic carbocycles. The molecule has 0 aliphatic rings. The quantitative estimate of drug-likeness (QED) is 0.126. The molecule has 0 aliphatic heterocycles. The van der Waals surface area contributed by atoms with Crippen LogP contribution < -0.4 is 0 Å². The Balaban J connectivity index is 0.845. The van der Waals surface area contributed by atoms with Crippen LogP contribution in [0.1, 0.15) is 0 Å². The Morgan fingerprint density at radius 3 is 1.20 bits per heavy atom. The molecule has 0 spiro atoms. The lowest BCUT2D eigenvalue weighted by Crippen LogP contribution is -2.00. The number of nitrogens with zero attached hydrogens (tertiary/aromatic N) is 7. The van der Waals surface area contributed by atoms with Gasteiger partial charge in [0.15, 0.2) is 40.5 Å². The summed E-state index contributed by atoms with van der Waals surface area (Å²) in [4.78, 5) is 35.3. The van der Waals surface area contributed by atoms with Gasteiger partial charge in [-0.2, -0.15) is 0 Å². The monoisotopic (exact) mass is 1050 g/mol. The molecule has 0 saturated heterocycles. The number of rotatable bonds is 11. The molecule has 11 aromatic carbocycles. The van der Waals surface area contributed by atoms with Gasteiger partial charge in [0.25, 0.3) is 0 Å². The number of fused-ring (bicyclic) bond motifs is 3. The van der Waals surface area contributed by atoms with Gasteiger partial charge in [0, 0.05) is 54.9 Å². The lowest BCUT2D eigenvalue weighted by Gasteiger charge is -2.13. The van der Waals surface area contributed by atoms with Crippen LogP contribution in [0.4, 0.5) is 0 Å². The highest BCUT2D eigenvalue weighted by Gasteiger charge is 2.21. The minimum absolute atomic E-state index is 0.544. The summed E-state index contributed by atoms with van der Waals surface area (Å²) in [7, 11) is 0. The zero-order valence-electron chi connectivity index (χ0n) is 42.8. The number of benzene rings is 11. The van der Waals surface area contributed by atoms with Crippen molar-refractivity contribution in [3.8, 4) is 124 Å². The molecule has 8 nitrogen and oxygen atoms in total. The smallest absolute Gasteiger partial charge is 0.227 e. The van der Waals surface area contributed by atoms with Gasteiger partial charge in [-0.15, -0.1) is 0 Å². The Bertz CT molecular complexity index is 4570. The second kappa shape index (κ2) is 20.8. The summed E-state index contributed by atoms with van der Waals surface area (Å²) in [6.45, 7) is 0. The molecule has 0 radical (unpaired) electrons. The van der Waals surface area contributed by atoms with Gasteiger partial charge in [-0.3, -0.25) is 0 Å².